The maximum Gasteiger partial charge on any atom is 0.151 e. The molecule has 0 saturated heterocycles. The van der Waals surface area contributed by atoms with Crippen LogP contribution in [0.15, 0.2) is 22.7 Å². The summed E-state index contributed by atoms with van der Waals surface area (Å²) in [4.78, 5) is 0. The van der Waals surface area contributed by atoms with Gasteiger partial charge in [0.15, 0.2) is 5.82 Å². The summed E-state index contributed by atoms with van der Waals surface area (Å²) in [6.07, 6.45) is 0.733. The number of hydrogen-bond acceptors (Lipinski definition) is 3. The largest absolute Gasteiger partial charge is 0.382 e. The molecule has 2 aromatic rings. The molecule has 0 aliphatic carbocycles. The van der Waals surface area contributed by atoms with E-state index in [0.29, 0.717) is 29.2 Å². The van der Waals surface area contributed by atoms with Crippen LogP contribution in [0, 0.1) is 5.82 Å². The Balaban J connectivity index is 2.14. The van der Waals surface area contributed by atoms with Crippen LogP contribution in [0.1, 0.15) is 11.3 Å². The molecule has 2 heterocycles. The van der Waals surface area contributed by atoms with E-state index in [2.05, 4.69) is 21.0 Å². The average Bonchev–Trinajstić information content (AvgIpc) is 2.71. The van der Waals surface area contributed by atoms with Crippen molar-refractivity contribution < 1.29 is 9.13 Å². The highest BCUT2D eigenvalue weighted by Crippen LogP contribution is 2.26. The van der Waals surface area contributed by atoms with Crippen LogP contribution in [-0.4, -0.2) is 16.4 Å². The van der Waals surface area contributed by atoms with Crippen LogP contribution in [0.4, 0.5) is 10.2 Å². The van der Waals surface area contributed by atoms with Crippen LogP contribution in [0.2, 0.25) is 0 Å². The van der Waals surface area contributed by atoms with Gasteiger partial charge in [0.1, 0.15) is 5.82 Å². The first kappa shape index (κ1) is 11.7. The Bertz CT molecular complexity index is 612. The van der Waals surface area contributed by atoms with Crippen molar-refractivity contribution >= 4 is 21.7 Å². The fourth-order valence-corrected chi connectivity index (χ4v) is 2.34. The van der Waals surface area contributed by atoms with E-state index in [1.165, 1.54) is 6.07 Å². The van der Waals surface area contributed by atoms with Gasteiger partial charge in [0, 0.05) is 18.1 Å². The Morgan fingerprint density at radius 2 is 2.28 bits per heavy atom. The summed E-state index contributed by atoms with van der Waals surface area (Å²) in [5.74, 6) is 0.135. The molecule has 0 atom stereocenters. The molecule has 0 spiro atoms. The number of nitrogens with two attached hydrogens (primary N) is 1. The minimum absolute atomic E-state index is 0.317. The van der Waals surface area contributed by atoms with Crippen LogP contribution in [0.5, 0.6) is 0 Å². The summed E-state index contributed by atoms with van der Waals surface area (Å²) >= 11 is 3.13. The van der Waals surface area contributed by atoms with E-state index in [1.807, 2.05) is 0 Å². The van der Waals surface area contributed by atoms with Crippen molar-refractivity contribution in [1.82, 2.24) is 9.78 Å². The number of halogens is 2. The van der Waals surface area contributed by atoms with E-state index < -0.39 is 0 Å². The zero-order valence-electron chi connectivity index (χ0n) is 9.49. The molecule has 1 aromatic heterocycles. The SMILES string of the molecule is Nc1nn(-c2ccc(Br)c(F)c2)c2c1COCC2. The van der Waals surface area contributed by atoms with Crippen LogP contribution < -0.4 is 5.73 Å². The van der Waals surface area contributed by atoms with Gasteiger partial charge in [0.05, 0.1) is 29.1 Å². The van der Waals surface area contributed by atoms with E-state index in [9.17, 15) is 4.39 Å². The fraction of sp³-hybridized carbons (Fsp3) is 0.250. The molecular formula is C12H11BrFN3O. The molecule has 0 fully saturated rings. The van der Waals surface area contributed by atoms with Crippen molar-refractivity contribution in [3.8, 4) is 5.69 Å². The second kappa shape index (κ2) is 4.37. The molecule has 3 rings (SSSR count). The number of nitrogens with zero attached hydrogens (tertiary/aromatic N) is 2. The highest BCUT2D eigenvalue weighted by Gasteiger charge is 2.20. The van der Waals surface area contributed by atoms with Crippen LogP contribution in [0.25, 0.3) is 5.69 Å². The lowest BCUT2D eigenvalue weighted by atomic mass is 10.1. The number of nitrogen functional groups attached to an aromatic ring is 1. The summed E-state index contributed by atoms with van der Waals surface area (Å²) in [6.45, 7) is 1.11. The molecule has 2 N–H and O–H groups in total. The number of hydrogen-bond donors (Lipinski definition) is 1. The van der Waals surface area contributed by atoms with E-state index in [0.717, 1.165) is 17.7 Å². The van der Waals surface area contributed by atoms with Gasteiger partial charge in [-0.25, -0.2) is 9.07 Å². The third-order valence-electron chi connectivity index (χ3n) is 3.00. The number of rotatable bonds is 1. The molecule has 6 heteroatoms. The van der Waals surface area contributed by atoms with E-state index in [-0.39, 0.29) is 5.82 Å². The summed E-state index contributed by atoms with van der Waals surface area (Å²) in [5.41, 5.74) is 8.43. The van der Waals surface area contributed by atoms with Gasteiger partial charge in [-0.2, -0.15) is 5.10 Å². The maximum atomic E-state index is 13.6. The number of benzene rings is 1. The van der Waals surface area contributed by atoms with Gasteiger partial charge in [0.2, 0.25) is 0 Å². The first-order valence-electron chi connectivity index (χ1n) is 5.56. The summed E-state index contributed by atoms with van der Waals surface area (Å²) < 4.78 is 21.0. The normalized spacial score (nSPS) is 14.6. The highest BCUT2D eigenvalue weighted by atomic mass is 79.9. The Labute approximate surface area is 112 Å². The highest BCUT2D eigenvalue weighted by molar-refractivity contribution is 9.10. The fourth-order valence-electron chi connectivity index (χ4n) is 2.09. The quantitative estimate of drug-likeness (QED) is 0.880. The molecule has 18 heavy (non-hydrogen) atoms. The molecule has 1 aliphatic rings. The minimum atomic E-state index is -0.317. The van der Waals surface area contributed by atoms with Gasteiger partial charge in [-0.1, -0.05) is 0 Å². The summed E-state index contributed by atoms with van der Waals surface area (Å²) in [6, 6.07) is 4.90. The Morgan fingerprint density at radius 3 is 3.06 bits per heavy atom. The first-order chi connectivity index (χ1) is 8.66. The van der Waals surface area contributed by atoms with Crippen LogP contribution >= 0.6 is 15.9 Å². The van der Waals surface area contributed by atoms with Gasteiger partial charge in [-0.05, 0) is 28.1 Å². The van der Waals surface area contributed by atoms with E-state index in [4.69, 9.17) is 10.5 Å². The van der Waals surface area contributed by atoms with Crippen LogP contribution in [-0.2, 0) is 17.8 Å². The monoisotopic (exact) mass is 311 g/mol. The van der Waals surface area contributed by atoms with Crippen molar-refractivity contribution in [3.63, 3.8) is 0 Å². The van der Waals surface area contributed by atoms with Crippen molar-refractivity contribution in [2.24, 2.45) is 0 Å². The lowest BCUT2D eigenvalue weighted by molar-refractivity contribution is 0.110. The molecule has 0 unspecified atom stereocenters. The predicted octanol–water partition coefficient (Wildman–Crippen LogP) is 2.43. The lowest BCUT2D eigenvalue weighted by Crippen LogP contribution is -2.13. The lowest BCUT2D eigenvalue weighted by Gasteiger charge is -2.14. The molecular weight excluding hydrogens is 301 g/mol. The smallest absolute Gasteiger partial charge is 0.151 e. The molecule has 1 aliphatic heterocycles. The van der Waals surface area contributed by atoms with Crippen molar-refractivity contribution in [2.45, 2.75) is 13.0 Å². The third-order valence-corrected chi connectivity index (χ3v) is 3.64. The molecule has 1 aromatic carbocycles. The Morgan fingerprint density at radius 1 is 1.44 bits per heavy atom. The third kappa shape index (κ3) is 1.81. The molecule has 0 saturated carbocycles. The van der Waals surface area contributed by atoms with Gasteiger partial charge in [-0.15, -0.1) is 0 Å². The zero-order chi connectivity index (χ0) is 12.7. The second-order valence-electron chi connectivity index (χ2n) is 4.12. The molecule has 0 amide bonds. The average molecular weight is 312 g/mol. The topological polar surface area (TPSA) is 53.1 Å². The standard InChI is InChI=1S/C12H11BrFN3O/c13-9-2-1-7(5-10(9)14)17-11-3-4-18-6-8(11)12(15)16-17/h1-2,5H,3-4,6H2,(H2,15,16). The Hall–Kier alpha value is -1.40. The van der Waals surface area contributed by atoms with E-state index >= 15 is 0 Å². The molecule has 0 radical (unpaired) electrons. The first-order valence-corrected chi connectivity index (χ1v) is 6.35. The maximum absolute atomic E-state index is 13.6. The predicted molar refractivity (Wildman–Crippen MR) is 69.0 cm³/mol. The van der Waals surface area contributed by atoms with Crippen LogP contribution in [0.3, 0.4) is 0 Å². The van der Waals surface area contributed by atoms with Crippen molar-refractivity contribution in [2.75, 3.05) is 12.3 Å². The zero-order valence-corrected chi connectivity index (χ0v) is 11.1. The number of anilines is 1. The van der Waals surface area contributed by atoms with Crippen molar-refractivity contribution in [3.05, 3.63) is 39.7 Å². The summed E-state index contributed by atoms with van der Waals surface area (Å²) in [7, 11) is 0. The van der Waals surface area contributed by atoms with Gasteiger partial charge in [-0.3, -0.25) is 0 Å². The minimum Gasteiger partial charge on any atom is -0.382 e. The number of aromatic nitrogens is 2. The van der Waals surface area contributed by atoms with Crippen molar-refractivity contribution in [1.29, 1.82) is 0 Å². The van der Waals surface area contributed by atoms with E-state index in [1.54, 1.807) is 16.8 Å². The van der Waals surface area contributed by atoms with Gasteiger partial charge in [0.25, 0.3) is 0 Å². The summed E-state index contributed by atoms with van der Waals surface area (Å²) in [5, 5.41) is 4.27. The van der Waals surface area contributed by atoms with Gasteiger partial charge < -0.3 is 10.5 Å². The molecule has 4 nitrogen and oxygen atoms in total. The number of ether oxygens (including phenoxy) is 1. The number of fused-ring (bicyclic) bond motifs is 1. The Kier molecular flexibility index (Phi) is 2.83. The van der Waals surface area contributed by atoms with Gasteiger partial charge >= 0.3 is 0 Å². The second-order valence-corrected chi connectivity index (χ2v) is 4.98. The molecule has 94 valence electrons. The molecule has 0 bridgehead atoms.